The van der Waals surface area contributed by atoms with Crippen molar-refractivity contribution in [2.75, 3.05) is 20.6 Å². The molecule has 2 N–H and O–H groups in total. The zero-order chi connectivity index (χ0) is 14.5. The molecule has 0 spiro atoms. The molecule has 1 rings (SSSR count). The summed E-state index contributed by atoms with van der Waals surface area (Å²) < 4.78 is 26.1. The van der Waals surface area contributed by atoms with E-state index in [0.717, 1.165) is 9.87 Å². The Kier molecular flexibility index (Phi) is 5.46. The van der Waals surface area contributed by atoms with Crippen LogP contribution in [-0.2, 0) is 15.0 Å². The van der Waals surface area contributed by atoms with Gasteiger partial charge in [-0.15, -0.1) is 0 Å². The topological polar surface area (TPSA) is 78.5 Å². The van der Waals surface area contributed by atoms with Gasteiger partial charge in [0.2, 0.25) is 5.91 Å². The average Bonchev–Trinajstić information content (AvgIpc) is 2.37. The summed E-state index contributed by atoms with van der Waals surface area (Å²) in [5.74, 6) is -0.373. The molecule has 0 saturated heterocycles. The second-order valence-electron chi connectivity index (χ2n) is 4.31. The highest BCUT2D eigenvalue weighted by atomic mass is 32.2. The van der Waals surface area contributed by atoms with Crippen molar-refractivity contribution in [1.29, 1.82) is 0 Å². The molecule has 0 fully saturated rings. The lowest BCUT2D eigenvalue weighted by molar-refractivity contribution is -0.120. The molecule has 0 heterocycles. The van der Waals surface area contributed by atoms with Gasteiger partial charge >= 0.3 is 0 Å². The van der Waals surface area contributed by atoms with Crippen molar-refractivity contribution in [1.82, 2.24) is 14.3 Å². The molecule has 0 saturated carbocycles. The van der Waals surface area contributed by atoms with Gasteiger partial charge in [0.05, 0.1) is 12.6 Å². The Balaban J connectivity index is 2.49. The summed E-state index contributed by atoms with van der Waals surface area (Å²) in [6.45, 7) is 1.56. The maximum absolute atomic E-state index is 11.6. The Hall–Kier alpha value is -1.44. The van der Waals surface area contributed by atoms with Crippen molar-refractivity contribution in [2.45, 2.75) is 13.0 Å². The molecule has 1 aromatic rings. The number of benzene rings is 1. The van der Waals surface area contributed by atoms with Gasteiger partial charge in [-0.05, 0) is 12.5 Å². The minimum atomic E-state index is -3.57. The van der Waals surface area contributed by atoms with Crippen molar-refractivity contribution in [3.05, 3.63) is 35.9 Å². The van der Waals surface area contributed by atoms with Crippen LogP contribution in [0.2, 0.25) is 0 Å². The van der Waals surface area contributed by atoms with Crippen LogP contribution in [0.1, 0.15) is 18.5 Å². The first-order valence-corrected chi connectivity index (χ1v) is 7.28. The van der Waals surface area contributed by atoms with Crippen molar-refractivity contribution < 1.29 is 13.2 Å². The Morgan fingerprint density at radius 1 is 1.26 bits per heavy atom. The average molecular weight is 285 g/mol. The highest BCUT2D eigenvalue weighted by Gasteiger charge is 2.15. The Morgan fingerprint density at radius 3 is 2.37 bits per heavy atom. The van der Waals surface area contributed by atoms with Crippen molar-refractivity contribution in [2.24, 2.45) is 0 Å². The third-order valence-corrected chi connectivity index (χ3v) is 4.04. The third kappa shape index (κ3) is 4.98. The minimum Gasteiger partial charge on any atom is -0.348 e. The molecule has 1 atom stereocenters. The number of carbonyl (C=O) groups is 1. The van der Waals surface area contributed by atoms with Crippen LogP contribution in [0, 0.1) is 0 Å². The maximum atomic E-state index is 11.6. The SMILES string of the molecule is CC(NC(=O)CNS(=O)(=O)N(C)C)c1ccccc1. The lowest BCUT2D eigenvalue weighted by Gasteiger charge is -2.16. The molecule has 0 aliphatic carbocycles. The summed E-state index contributed by atoms with van der Waals surface area (Å²) >= 11 is 0. The van der Waals surface area contributed by atoms with E-state index in [1.165, 1.54) is 14.1 Å². The predicted octanol–water partition coefficient (Wildman–Crippen LogP) is 0.260. The van der Waals surface area contributed by atoms with E-state index in [4.69, 9.17) is 0 Å². The Morgan fingerprint density at radius 2 is 1.84 bits per heavy atom. The van der Waals surface area contributed by atoms with Gasteiger partial charge in [-0.25, -0.2) is 0 Å². The Labute approximate surface area is 114 Å². The predicted molar refractivity (Wildman–Crippen MR) is 73.6 cm³/mol. The third-order valence-electron chi connectivity index (χ3n) is 2.57. The van der Waals surface area contributed by atoms with Crippen LogP contribution in [0.25, 0.3) is 0 Å². The van der Waals surface area contributed by atoms with Crippen LogP contribution in [0.15, 0.2) is 30.3 Å². The molecule has 0 aliphatic heterocycles. The number of hydrogen-bond acceptors (Lipinski definition) is 3. The first-order valence-electron chi connectivity index (χ1n) is 5.84. The molecule has 1 unspecified atom stereocenters. The summed E-state index contributed by atoms with van der Waals surface area (Å²) in [5.41, 5.74) is 0.964. The summed E-state index contributed by atoms with van der Waals surface area (Å²) in [7, 11) is -0.780. The van der Waals surface area contributed by atoms with Gasteiger partial charge in [-0.1, -0.05) is 30.3 Å². The standard InChI is InChI=1S/C12H19N3O3S/c1-10(11-7-5-4-6-8-11)14-12(16)9-13-19(17,18)15(2)3/h4-8,10,13H,9H2,1-3H3,(H,14,16). The molecule has 1 aromatic carbocycles. The summed E-state index contributed by atoms with van der Waals surface area (Å²) in [5, 5.41) is 2.72. The molecular weight excluding hydrogens is 266 g/mol. The number of carbonyl (C=O) groups excluding carboxylic acids is 1. The van der Waals surface area contributed by atoms with Gasteiger partial charge in [0, 0.05) is 14.1 Å². The summed E-state index contributed by atoms with van der Waals surface area (Å²) in [6.07, 6.45) is 0. The van der Waals surface area contributed by atoms with Gasteiger partial charge in [0.25, 0.3) is 10.2 Å². The number of rotatable bonds is 6. The van der Waals surface area contributed by atoms with Crippen LogP contribution in [0.5, 0.6) is 0 Å². The van der Waals surface area contributed by atoms with E-state index >= 15 is 0 Å². The van der Waals surface area contributed by atoms with Crippen LogP contribution >= 0.6 is 0 Å². The summed E-state index contributed by atoms with van der Waals surface area (Å²) in [4.78, 5) is 11.6. The fourth-order valence-electron chi connectivity index (χ4n) is 1.40. The molecule has 1 amide bonds. The molecule has 7 heteroatoms. The van der Waals surface area contributed by atoms with Gasteiger partial charge in [0.15, 0.2) is 0 Å². The van der Waals surface area contributed by atoms with Gasteiger partial charge in [-0.3, -0.25) is 4.79 Å². The van der Waals surface area contributed by atoms with Crippen molar-refractivity contribution in [3.63, 3.8) is 0 Å². The smallest absolute Gasteiger partial charge is 0.279 e. The Bertz CT molecular complexity index is 514. The maximum Gasteiger partial charge on any atom is 0.279 e. The molecule has 0 aliphatic rings. The minimum absolute atomic E-state index is 0.169. The molecule has 6 nitrogen and oxygen atoms in total. The van der Waals surface area contributed by atoms with Gasteiger partial charge in [-0.2, -0.15) is 17.4 Å². The van der Waals surface area contributed by atoms with E-state index in [9.17, 15) is 13.2 Å². The quantitative estimate of drug-likeness (QED) is 0.787. The summed E-state index contributed by atoms with van der Waals surface area (Å²) in [6, 6.07) is 9.28. The van der Waals surface area contributed by atoms with E-state index < -0.39 is 10.2 Å². The van der Waals surface area contributed by atoms with Crippen LogP contribution in [0.4, 0.5) is 0 Å². The second kappa shape index (κ2) is 6.65. The number of nitrogens with zero attached hydrogens (tertiary/aromatic N) is 1. The van der Waals surface area contributed by atoms with E-state index in [-0.39, 0.29) is 18.5 Å². The second-order valence-corrected chi connectivity index (χ2v) is 6.28. The first kappa shape index (κ1) is 15.6. The monoisotopic (exact) mass is 285 g/mol. The molecule has 0 aromatic heterocycles. The highest BCUT2D eigenvalue weighted by Crippen LogP contribution is 2.10. The van der Waals surface area contributed by atoms with E-state index in [1.54, 1.807) is 0 Å². The van der Waals surface area contributed by atoms with E-state index in [1.807, 2.05) is 37.3 Å². The lowest BCUT2D eigenvalue weighted by atomic mass is 10.1. The first-order chi connectivity index (χ1) is 8.83. The highest BCUT2D eigenvalue weighted by molar-refractivity contribution is 7.87. The van der Waals surface area contributed by atoms with Crippen molar-refractivity contribution >= 4 is 16.1 Å². The molecule has 0 bridgehead atoms. The molecular formula is C12H19N3O3S. The van der Waals surface area contributed by atoms with Gasteiger partial charge < -0.3 is 5.32 Å². The fraction of sp³-hybridized carbons (Fsp3) is 0.417. The number of nitrogens with one attached hydrogen (secondary N) is 2. The lowest BCUT2D eigenvalue weighted by Crippen LogP contribution is -2.42. The van der Waals surface area contributed by atoms with Crippen LogP contribution in [-0.4, -0.2) is 39.3 Å². The van der Waals surface area contributed by atoms with Crippen LogP contribution in [0.3, 0.4) is 0 Å². The van der Waals surface area contributed by atoms with E-state index in [2.05, 4.69) is 10.0 Å². The molecule has 0 radical (unpaired) electrons. The molecule has 106 valence electrons. The largest absolute Gasteiger partial charge is 0.348 e. The van der Waals surface area contributed by atoms with Crippen molar-refractivity contribution in [3.8, 4) is 0 Å². The zero-order valence-electron chi connectivity index (χ0n) is 11.3. The zero-order valence-corrected chi connectivity index (χ0v) is 12.1. The van der Waals surface area contributed by atoms with Crippen LogP contribution < -0.4 is 10.0 Å². The normalized spacial score (nSPS) is 13.3. The number of amides is 1. The van der Waals surface area contributed by atoms with E-state index in [0.29, 0.717) is 0 Å². The number of hydrogen-bond donors (Lipinski definition) is 2. The van der Waals surface area contributed by atoms with Gasteiger partial charge in [0.1, 0.15) is 0 Å². The fourth-order valence-corrected chi connectivity index (χ4v) is 1.98. The molecule has 19 heavy (non-hydrogen) atoms.